The van der Waals surface area contributed by atoms with E-state index in [1.165, 1.54) is 12.1 Å². The van der Waals surface area contributed by atoms with Crippen LogP contribution in [0.4, 0.5) is 16.2 Å². The van der Waals surface area contributed by atoms with Gasteiger partial charge in [0.05, 0.1) is 15.1 Å². The van der Waals surface area contributed by atoms with Crippen molar-refractivity contribution in [3.63, 3.8) is 0 Å². The second-order valence-corrected chi connectivity index (χ2v) is 6.77. The Morgan fingerprint density at radius 2 is 2.13 bits per heavy atom. The van der Waals surface area contributed by atoms with Crippen LogP contribution in [0.2, 0.25) is 0 Å². The molecule has 126 valence electrons. The van der Waals surface area contributed by atoms with Gasteiger partial charge in [0.15, 0.2) is 0 Å². The first kappa shape index (κ1) is 19.2. The zero-order chi connectivity index (χ0) is 17.6. The van der Waals surface area contributed by atoms with Crippen LogP contribution in [0.15, 0.2) is 24.8 Å². The molecule has 0 aliphatic carbocycles. The Balaban J connectivity index is 3.06. The number of hydrogen-bond donors (Lipinski definition) is 1. The number of anilines is 1. The van der Waals surface area contributed by atoms with E-state index in [0.29, 0.717) is 22.3 Å². The van der Waals surface area contributed by atoms with Crippen molar-refractivity contribution < 1.29 is 19.2 Å². The molecule has 0 aliphatic heterocycles. The summed E-state index contributed by atoms with van der Waals surface area (Å²) < 4.78 is 11.2. The molecule has 0 aromatic heterocycles. The third kappa shape index (κ3) is 6.43. The minimum Gasteiger partial charge on any atom is -0.492 e. The molecule has 0 atom stereocenters. The van der Waals surface area contributed by atoms with Crippen molar-refractivity contribution in [3.05, 3.63) is 38.5 Å². The molecule has 0 radical (unpaired) electrons. The number of amides is 1. The van der Waals surface area contributed by atoms with Gasteiger partial charge in [-0.1, -0.05) is 6.08 Å². The number of carbonyl (C=O) groups excluding carboxylic acids is 1. The molecule has 0 bridgehead atoms. The molecule has 0 fully saturated rings. The molecule has 1 N–H and O–H groups in total. The summed E-state index contributed by atoms with van der Waals surface area (Å²) in [7, 11) is 0. The van der Waals surface area contributed by atoms with Crippen LogP contribution in [-0.2, 0) is 4.74 Å². The molecule has 0 aliphatic rings. The summed E-state index contributed by atoms with van der Waals surface area (Å²) in [6.07, 6.45) is 1.58. The maximum atomic E-state index is 11.8. The summed E-state index contributed by atoms with van der Waals surface area (Å²) in [5, 5.41) is 13.6. The lowest BCUT2D eigenvalue weighted by Gasteiger charge is -2.20. The van der Waals surface area contributed by atoms with Crippen molar-refractivity contribution in [1.29, 1.82) is 0 Å². The van der Waals surface area contributed by atoms with Gasteiger partial charge in [0.1, 0.15) is 17.0 Å². The zero-order valence-corrected chi connectivity index (χ0v) is 15.4. The van der Waals surface area contributed by atoms with Gasteiger partial charge in [-0.3, -0.25) is 15.4 Å². The van der Waals surface area contributed by atoms with E-state index in [0.717, 1.165) is 0 Å². The van der Waals surface area contributed by atoms with E-state index < -0.39 is 16.6 Å². The summed E-state index contributed by atoms with van der Waals surface area (Å²) in [4.78, 5) is 22.4. The summed E-state index contributed by atoms with van der Waals surface area (Å²) in [5.74, 6) is 0.448. The Morgan fingerprint density at radius 1 is 1.48 bits per heavy atom. The van der Waals surface area contributed by atoms with Gasteiger partial charge in [-0.2, -0.15) is 0 Å². The number of ether oxygens (including phenoxy) is 2. The summed E-state index contributed by atoms with van der Waals surface area (Å²) >= 11 is 1.94. The van der Waals surface area contributed by atoms with Crippen LogP contribution in [0.5, 0.6) is 5.75 Å². The fraction of sp³-hybridized carbons (Fsp3) is 0.400. The van der Waals surface area contributed by atoms with Gasteiger partial charge in [0, 0.05) is 12.1 Å². The normalized spacial score (nSPS) is 10.8. The summed E-state index contributed by atoms with van der Waals surface area (Å²) in [5.41, 5.74) is -0.902. The lowest BCUT2D eigenvalue weighted by Crippen LogP contribution is -2.27. The Labute approximate surface area is 148 Å². The van der Waals surface area contributed by atoms with Crippen LogP contribution in [-0.4, -0.2) is 23.2 Å². The molecule has 7 nitrogen and oxygen atoms in total. The lowest BCUT2D eigenvalue weighted by atomic mass is 10.2. The van der Waals surface area contributed by atoms with Crippen LogP contribution in [0.25, 0.3) is 0 Å². The topological polar surface area (TPSA) is 90.7 Å². The number of benzene rings is 1. The van der Waals surface area contributed by atoms with Crippen molar-refractivity contribution in [2.45, 2.75) is 32.8 Å². The second kappa shape index (κ2) is 8.14. The molecular formula is C15H19IN2O5. The highest BCUT2D eigenvalue weighted by atomic mass is 127. The van der Waals surface area contributed by atoms with E-state index in [9.17, 15) is 14.9 Å². The average molecular weight is 434 g/mol. The number of carbonyl (C=O) groups is 1. The Kier molecular flexibility index (Phi) is 6.79. The monoisotopic (exact) mass is 434 g/mol. The van der Waals surface area contributed by atoms with Crippen LogP contribution in [0.3, 0.4) is 0 Å². The van der Waals surface area contributed by atoms with Gasteiger partial charge in [-0.15, -0.1) is 6.58 Å². The van der Waals surface area contributed by atoms with Gasteiger partial charge in [-0.05, 0) is 49.8 Å². The van der Waals surface area contributed by atoms with E-state index in [-0.39, 0.29) is 11.4 Å². The van der Waals surface area contributed by atoms with E-state index >= 15 is 0 Å². The summed E-state index contributed by atoms with van der Waals surface area (Å²) in [6.45, 7) is 9.11. The number of nitrogens with one attached hydrogen (secondary N) is 1. The molecule has 23 heavy (non-hydrogen) atoms. The number of nitrogens with zero attached hydrogens (tertiary/aromatic N) is 1. The number of nitro groups is 1. The first-order chi connectivity index (χ1) is 10.6. The minimum absolute atomic E-state index is 0.0262. The molecular weight excluding hydrogens is 415 g/mol. The third-order valence-electron chi connectivity index (χ3n) is 2.46. The second-order valence-electron chi connectivity index (χ2n) is 5.61. The zero-order valence-electron chi connectivity index (χ0n) is 13.2. The molecule has 0 spiro atoms. The minimum atomic E-state index is -0.765. The van der Waals surface area contributed by atoms with Gasteiger partial charge in [-0.25, -0.2) is 4.79 Å². The maximum Gasteiger partial charge on any atom is 0.412 e. The fourth-order valence-corrected chi connectivity index (χ4v) is 2.18. The largest absolute Gasteiger partial charge is 0.492 e. The smallest absolute Gasteiger partial charge is 0.412 e. The van der Waals surface area contributed by atoms with Crippen molar-refractivity contribution in [2.75, 3.05) is 11.9 Å². The molecule has 8 heteroatoms. The fourth-order valence-electron chi connectivity index (χ4n) is 1.57. The molecule has 0 saturated heterocycles. The Bertz CT molecular complexity index is 611. The predicted molar refractivity (Wildman–Crippen MR) is 96.0 cm³/mol. The maximum absolute atomic E-state index is 11.8. The first-order valence-electron chi connectivity index (χ1n) is 6.85. The molecule has 1 rings (SSSR count). The number of halogens is 1. The highest BCUT2D eigenvalue weighted by molar-refractivity contribution is 14.1. The van der Waals surface area contributed by atoms with E-state index in [2.05, 4.69) is 11.9 Å². The van der Waals surface area contributed by atoms with Crippen LogP contribution in [0.1, 0.15) is 27.2 Å². The molecule has 1 amide bonds. The predicted octanol–water partition coefficient (Wildman–Crippen LogP) is 4.50. The highest BCUT2D eigenvalue weighted by Gasteiger charge is 2.22. The first-order valence-corrected chi connectivity index (χ1v) is 7.93. The van der Waals surface area contributed by atoms with Crippen molar-refractivity contribution in [1.82, 2.24) is 0 Å². The van der Waals surface area contributed by atoms with Crippen LogP contribution >= 0.6 is 22.6 Å². The van der Waals surface area contributed by atoms with Crippen LogP contribution < -0.4 is 10.1 Å². The SMILES string of the molecule is C=CCCOc1cc(NC(=O)OC(C)(C)C)c([N+](=O)[O-])cc1I. The van der Waals surface area contributed by atoms with Gasteiger partial charge in [0.2, 0.25) is 0 Å². The number of hydrogen-bond acceptors (Lipinski definition) is 5. The standard InChI is InChI=1S/C15H19IN2O5/c1-5-6-7-22-13-9-11(12(18(20)21)8-10(13)16)17-14(19)23-15(2,3)4/h5,8-9H,1,6-7H2,2-4H3,(H,17,19). The van der Waals surface area contributed by atoms with Gasteiger partial charge in [0.25, 0.3) is 5.69 Å². The molecule has 0 saturated carbocycles. The Morgan fingerprint density at radius 3 is 2.65 bits per heavy atom. The van der Waals surface area contributed by atoms with E-state index in [1.807, 2.05) is 22.6 Å². The quantitative estimate of drug-likeness (QED) is 0.234. The van der Waals surface area contributed by atoms with E-state index in [1.54, 1.807) is 26.8 Å². The van der Waals surface area contributed by atoms with Crippen molar-refractivity contribution in [3.8, 4) is 5.75 Å². The number of rotatable bonds is 6. The van der Waals surface area contributed by atoms with Crippen molar-refractivity contribution >= 4 is 40.1 Å². The third-order valence-corrected chi connectivity index (χ3v) is 3.31. The van der Waals surface area contributed by atoms with Crippen LogP contribution in [0, 0.1) is 13.7 Å². The van der Waals surface area contributed by atoms with Gasteiger partial charge >= 0.3 is 6.09 Å². The molecule has 0 unspecified atom stereocenters. The van der Waals surface area contributed by atoms with Crippen molar-refractivity contribution in [2.24, 2.45) is 0 Å². The summed E-state index contributed by atoms with van der Waals surface area (Å²) in [6, 6.07) is 2.77. The molecule has 1 aromatic rings. The average Bonchev–Trinajstić information content (AvgIpc) is 2.39. The highest BCUT2D eigenvalue weighted by Crippen LogP contribution is 2.34. The van der Waals surface area contributed by atoms with E-state index in [4.69, 9.17) is 9.47 Å². The molecule has 0 heterocycles. The lowest BCUT2D eigenvalue weighted by molar-refractivity contribution is -0.384. The Hall–Kier alpha value is -1.84. The molecule has 1 aromatic carbocycles. The van der Waals surface area contributed by atoms with Gasteiger partial charge < -0.3 is 9.47 Å². The number of nitro benzene ring substituents is 1.